The average Bonchev–Trinajstić information content (AvgIpc) is 2.29. The molecule has 0 saturated carbocycles. The molecule has 1 aromatic rings. The van der Waals surface area contributed by atoms with Gasteiger partial charge in [0.2, 0.25) is 0 Å². The minimum atomic E-state index is 0.510. The molecule has 0 amide bonds. The summed E-state index contributed by atoms with van der Waals surface area (Å²) in [6, 6.07) is 7.97. The molecule has 0 spiro atoms. The Morgan fingerprint density at radius 2 is 2.08 bits per heavy atom. The molecule has 62 valence electrons. The second-order valence-corrected chi connectivity index (χ2v) is 2.81. The van der Waals surface area contributed by atoms with Crippen LogP contribution in [-0.2, 0) is 6.54 Å². The quantitative estimate of drug-likeness (QED) is 0.523. The van der Waals surface area contributed by atoms with E-state index in [0.29, 0.717) is 12.5 Å². The molecule has 0 radical (unpaired) electrons. The monoisotopic (exact) mass is 161 g/mol. The SMILES string of the molecule is N=C1NCNCc2ccccc21. The van der Waals surface area contributed by atoms with Crippen LogP contribution in [0.25, 0.3) is 0 Å². The molecule has 0 unspecified atom stereocenters. The maximum atomic E-state index is 7.66. The number of rotatable bonds is 0. The minimum Gasteiger partial charge on any atom is -0.357 e. The summed E-state index contributed by atoms with van der Waals surface area (Å²) in [6.07, 6.45) is 0. The van der Waals surface area contributed by atoms with Gasteiger partial charge in [0.1, 0.15) is 5.84 Å². The molecular weight excluding hydrogens is 150 g/mol. The van der Waals surface area contributed by atoms with Gasteiger partial charge >= 0.3 is 0 Å². The zero-order valence-electron chi connectivity index (χ0n) is 6.72. The molecule has 0 fully saturated rings. The second kappa shape index (κ2) is 2.95. The molecular formula is C9H11N3. The van der Waals surface area contributed by atoms with E-state index in [2.05, 4.69) is 10.6 Å². The van der Waals surface area contributed by atoms with Crippen LogP contribution in [0.15, 0.2) is 24.3 Å². The highest BCUT2D eigenvalue weighted by Gasteiger charge is 2.09. The first-order chi connectivity index (χ1) is 5.88. The van der Waals surface area contributed by atoms with Crippen molar-refractivity contribution < 1.29 is 0 Å². The first-order valence-electron chi connectivity index (χ1n) is 3.99. The third-order valence-corrected chi connectivity index (χ3v) is 1.99. The molecule has 12 heavy (non-hydrogen) atoms. The molecule has 0 aromatic heterocycles. The van der Waals surface area contributed by atoms with Gasteiger partial charge in [-0.1, -0.05) is 24.3 Å². The van der Waals surface area contributed by atoms with Gasteiger partial charge in [-0.3, -0.25) is 10.7 Å². The van der Waals surface area contributed by atoms with Crippen LogP contribution in [0, 0.1) is 5.41 Å². The van der Waals surface area contributed by atoms with E-state index in [0.717, 1.165) is 12.1 Å². The summed E-state index contributed by atoms with van der Waals surface area (Å²) in [6.45, 7) is 1.51. The van der Waals surface area contributed by atoms with Crippen LogP contribution in [-0.4, -0.2) is 12.5 Å². The van der Waals surface area contributed by atoms with E-state index in [-0.39, 0.29) is 0 Å². The predicted molar refractivity (Wildman–Crippen MR) is 48.1 cm³/mol. The van der Waals surface area contributed by atoms with Crippen molar-refractivity contribution in [3.8, 4) is 0 Å². The Bertz CT molecular complexity index is 306. The van der Waals surface area contributed by atoms with E-state index in [1.807, 2.05) is 24.3 Å². The topological polar surface area (TPSA) is 47.9 Å². The summed E-state index contributed by atoms with van der Waals surface area (Å²) in [4.78, 5) is 0. The normalized spacial score (nSPS) is 16.2. The molecule has 3 N–H and O–H groups in total. The Balaban J connectivity index is 2.46. The van der Waals surface area contributed by atoms with E-state index in [1.165, 1.54) is 5.56 Å². The maximum Gasteiger partial charge on any atom is 0.126 e. The Kier molecular flexibility index (Phi) is 1.80. The van der Waals surface area contributed by atoms with Gasteiger partial charge in [0, 0.05) is 12.1 Å². The molecule has 3 nitrogen and oxygen atoms in total. The van der Waals surface area contributed by atoms with E-state index in [1.54, 1.807) is 0 Å². The average molecular weight is 161 g/mol. The van der Waals surface area contributed by atoms with Crippen LogP contribution >= 0.6 is 0 Å². The Morgan fingerprint density at radius 3 is 3.00 bits per heavy atom. The standard InChI is InChI=1S/C9H11N3/c10-9-8-4-2-1-3-7(8)5-11-6-12-9/h1-4,11H,5-6H2,(H2,10,12). The summed E-state index contributed by atoms with van der Waals surface area (Å²) < 4.78 is 0. The lowest BCUT2D eigenvalue weighted by atomic mass is 10.1. The highest BCUT2D eigenvalue weighted by Crippen LogP contribution is 2.09. The third-order valence-electron chi connectivity index (χ3n) is 1.99. The molecule has 1 aliphatic heterocycles. The van der Waals surface area contributed by atoms with E-state index in [9.17, 15) is 0 Å². The first-order valence-corrected chi connectivity index (χ1v) is 3.99. The number of benzene rings is 1. The van der Waals surface area contributed by atoms with Gasteiger partial charge in [0.25, 0.3) is 0 Å². The highest BCUT2D eigenvalue weighted by atomic mass is 15.1. The van der Waals surface area contributed by atoms with Gasteiger partial charge in [-0.05, 0) is 5.56 Å². The van der Waals surface area contributed by atoms with Gasteiger partial charge < -0.3 is 5.32 Å². The van der Waals surface area contributed by atoms with Crippen molar-refractivity contribution in [3.63, 3.8) is 0 Å². The van der Waals surface area contributed by atoms with Gasteiger partial charge in [-0.25, -0.2) is 0 Å². The molecule has 2 rings (SSSR count). The highest BCUT2D eigenvalue weighted by molar-refractivity contribution is 5.97. The zero-order chi connectivity index (χ0) is 8.39. The maximum absolute atomic E-state index is 7.66. The summed E-state index contributed by atoms with van der Waals surface area (Å²) in [7, 11) is 0. The summed E-state index contributed by atoms with van der Waals surface area (Å²) in [5.41, 5.74) is 2.19. The lowest BCUT2D eigenvalue weighted by Crippen LogP contribution is -2.29. The first kappa shape index (κ1) is 7.31. The predicted octanol–water partition coefficient (Wildman–Crippen LogP) is 0.662. The fraction of sp³-hybridized carbons (Fsp3) is 0.222. The van der Waals surface area contributed by atoms with Crippen LogP contribution in [0.2, 0.25) is 0 Å². The van der Waals surface area contributed by atoms with Crippen molar-refractivity contribution in [3.05, 3.63) is 35.4 Å². The smallest absolute Gasteiger partial charge is 0.126 e. The summed E-state index contributed by atoms with van der Waals surface area (Å²) in [5.74, 6) is 0.510. The lowest BCUT2D eigenvalue weighted by Gasteiger charge is -2.04. The Labute approximate surface area is 71.3 Å². The number of nitrogens with one attached hydrogen (secondary N) is 3. The minimum absolute atomic E-state index is 0.510. The van der Waals surface area contributed by atoms with Gasteiger partial charge in [0.05, 0.1) is 6.67 Å². The molecule has 1 aromatic carbocycles. The van der Waals surface area contributed by atoms with Gasteiger partial charge in [-0.15, -0.1) is 0 Å². The summed E-state index contributed by atoms with van der Waals surface area (Å²) >= 11 is 0. The van der Waals surface area contributed by atoms with Gasteiger partial charge in [-0.2, -0.15) is 0 Å². The van der Waals surface area contributed by atoms with Crippen LogP contribution in [0.3, 0.4) is 0 Å². The van der Waals surface area contributed by atoms with Crippen molar-refractivity contribution in [2.75, 3.05) is 6.67 Å². The number of fused-ring (bicyclic) bond motifs is 1. The van der Waals surface area contributed by atoms with Crippen LogP contribution in [0.5, 0.6) is 0 Å². The number of amidine groups is 1. The Morgan fingerprint density at radius 1 is 1.25 bits per heavy atom. The van der Waals surface area contributed by atoms with Gasteiger partial charge in [0.15, 0.2) is 0 Å². The molecule has 0 atom stereocenters. The molecule has 0 aliphatic carbocycles. The molecule has 3 heteroatoms. The van der Waals surface area contributed by atoms with Crippen molar-refractivity contribution >= 4 is 5.84 Å². The van der Waals surface area contributed by atoms with Crippen molar-refractivity contribution in [1.29, 1.82) is 5.41 Å². The van der Waals surface area contributed by atoms with Crippen molar-refractivity contribution in [2.24, 2.45) is 0 Å². The zero-order valence-corrected chi connectivity index (χ0v) is 6.72. The van der Waals surface area contributed by atoms with E-state index >= 15 is 0 Å². The van der Waals surface area contributed by atoms with Crippen molar-refractivity contribution in [2.45, 2.75) is 6.54 Å². The second-order valence-electron chi connectivity index (χ2n) is 2.81. The molecule has 1 heterocycles. The third kappa shape index (κ3) is 1.19. The molecule has 0 bridgehead atoms. The van der Waals surface area contributed by atoms with E-state index < -0.39 is 0 Å². The Hall–Kier alpha value is -1.35. The number of hydrogen-bond donors (Lipinski definition) is 3. The summed E-state index contributed by atoms with van der Waals surface area (Å²) in [5, 5.41) is 13.8. The van der Waals surface area contributed by atoms with Crippen LogP contribution in [0.4, 0.5) is 0 Å². The van der Waals surface area contributed by atoms with E-state index in [4.69, 9.17) is 5.41 Å². The van der Waals surface area contributed by atoms with Crippen LogP contribution in [0.1, 0.15) is 11.1 Å². The molecule has 0 saturated heterocycles. The largest absolute Gasteiger partial charge is 0.357 e. The fourth-order valence-corrected chi connectivity index (χ4v) is 1.36. The lowest BCUT2D eigenvalue weighted by molar-refractivity contribution is 0.678. The number of hydrogen-bond acceptors (Lipinski definition) is 2. The van der Waals surface area contributed by atoms with Crippen LogP contribution < -0.4 is 10.6 Å². The fourth-order valence-electron chi connectivity index (χ4n) is 1.36. The van der Waals surface area contributed by atoms with Crippen molar-refractivity contribution in [1.82, 2.24) is 10.6 Å². The molecule has 1 aliphatic rings.